The molecule has 130 valence electrons. The van der Waals surface area contributed by atoms with Crippen molar-refractivity contribution < 1.29 is 26.9 Å². The molecule has 0 saturated carbocycles. The van der Waals surface area contributed by atoms with Gasteiger partial charge in [0.15, 0.2) is 11.8 Å². The maximum atomic E-state index is 12.0. The highest BCUT2D eigenvalue weighted by Gasteiger charge is 2.51. The van der Waals surface area contributed by atoms with Gasteiger partial charge in [0, 0.05) is 34.8 Å². The van der Waals surface area contributed by atoms with Gasteiger partial charge in [0.25, 0.3) is 0 Å². The van der Waals surface area contributed by atoms with Crippen LogP contribution in [0.1, 0.15) is 24.6 Å². The van der Waals surface area contributed by atoms with E-state index < -0.39 is 5.60 Å². The number of pyridine rings is 1. The molecule has 3 heterocycles. The summed E-state index contributed by atoms with van der Waals surface area (Å²) in [6.45, 7) is 1.52. The first-order chi connectivity index (χ1) is 12.1. The third-order valence-electron chi connectivity index (χ3n) is 5.12. The lowest BCUT2D eigenvalue weighted by atomic mass is 9.87. The number of rotatable bonds is 2. The van der Waals surface area contributed by atoms with Crippen LogP contribution in [-0.4, -0.2) is 15.9 Å². The molecule has 5 heteroatoms. The zero-order valence-electron chi connectivity index (χ0n) is 14.2. The Bertz CT molecular complexity index is 1180. The predicted octanol–water partition coefficient (Wildman–Crippen LogP) is 0.130. The summed E-state index contributed by atoms with van der Waals surface area (Å²) in [5.74, 6) is -0.0427. The number of aromatic nitrogens is 2. The van der Waals surface area contributed by atoms with Crippen LogP contribution in [0.5, 0.6) is 0 Å². The quantitative estimate of drug-likeness (QED) is 0.497. The summed E-state index contributed by atoms with van der Waals surface area (Å²) in [5.41, 5.74) is 3.00. The van der Waals surface area contributed by atoms with Gasteiger partial charge in [-0.1, -0.05) is 30.3 Å². The molecule has 0 fully saturated rings. The molecule has 5 rings (SSSR count). The molecular formula is C21H17ClN2O2. The van der Waals surface area contributed by atoms with Crippen LogP contribution in [0.25, 0.3) is 27.5 Å². The minimum Gasteiger partial charge on any atom is -1.00 e. The normalized spacial score (nSPS) is 17.8. The van der Waals surface area contributed by atoms with Crippen LogP contribution in [-0.2, 0) is 10.4 Å². The Hall–Kier alpha value is -2.69. The van der Waals surface area contributed by atoms with Gasteiger partial charge in [-0.3, -0.25) is 4.79 Å². The monoisotopic (exact) mass is 364 g/mol. The molecule has 1 aliphatic rings. The minimum absolute atomic E-state index is 0. The summed E-state index contributed by atoms with van der Waals surface area (Å²) in [7, 11) is 0. The molecular weight excluding hydrogens is 348 g/mol. The summed E-state index contributed by atoms with van der Waals surface area (Å²) in [4.78, 5) is 15.4. The van der Waals surface area contributed by atoms with Crippen molar-refractivity contribution in [1.29, 1.82) is 0 Å². The smallest absolute Gasteiger partial charge is 0.248 e. The van der Waals surface area contributed by atoms with E-state index in [1.807, 2.05) is 53.2 Å². The zero-order valence-corrected chi connectivity index (χ0v) is 14.9. The number of aromatic amines is 1. The Kier molecular flexibility index (Phi) is 3.65. The standard InChI is InChI=1S/C21H16N2O2.ClH/c1-13(24)12-21(25)16-7-3-5-9-18(16)23-11-10-15-14-6-2-4-8-17(14)22-19(15)20(21)23;/h2-11,25H,12H2,1H3;1H. The number of carbonyl (C=O) groups is 1. The average Bonchev–Trinajstić information content (AvgIpc) is 3.09. The van der Waals surface area contributed by atoms with Gasteiger partial charge in [-0.15, -0.1) is 0 Å². The highest BCUT2D eigenvalue weighted by atomic mass is 35.5. The van der Waals surface area contributed by atoms with E-state index in [2.05, 4.69) is 17.1 Å². The highest BCUT2D eigenvalue weighted by molar-refractivity contribution is 6.08. The number of aliphatic hydroxyl groups is 1. The van der Waals surface area contributed by atoms with Crippen molar-refractivity contribution in [2.45, 2.75) is 18.9 Å². The number of carbonyl (C=O) groups excluding carboxylic acids is 1. The van der Waals surface area contributed by atoms with Crippen LogP contribution in [0.15, 0.2) is 60.8 Å². The topological polar surface area (TPSA) is 57.0 Å². The van der Waals surface area contributed by atoms with E-state index in [0.29, 0.717) is 0 Å². The Morgan fingerprint density at radius 2 is 1.81 bits per heavy atom. The molecule has 26 heavy (non-hydrogen) atoms. The average molecular weight is 365 g/mol. The summed E-state index contributed by atoms with van der Waals surface area (Å²) < 4.78 is 2.00. The molecule has 1 unspecified atom stereocenters. The molecule has 1 aliphatic heterocycles. The molecule has 0 bridgehead atoms. The second-order valence-corrected chi connectivity index (χ2v) is 6.75. The van der Waals surface area contributed by atoms with Crippen molar-refractivity contribution in [3.05, 3.63) is 72.1 Å². The number of para-hydroxylation sites is 2. The van der Waals surface area contributed by atoms with Gasteiger partial charge in [0.2, 0.25) is 11.4 Å². The maximum Gasteiger partial charge on any atom is 0.248 e. The van der Waals surface area contributed by atoms with Crippen LogP contribution in [0.4, 0.5) is 0 Å². The molecule has 2 aromatic heterocycles. The predicted molar refractivity (Wildman–Crippen MR) is 95.6 cm³/mol. The van der Waals surface area contributed by atoms with Gasteiger partial charge >= 0.3 is 0 Å². The van der Waals surface area contributed by atoms with Crippen LogP contribution in [0.3, 0.4) is 0 Å². The maximum absolute atomic E-state index is 12.0. The lowest BCUT2D eigenvalue weighted by Gasteiger charge is -2.18. The molecule has 0 amide bonds. The molecule has 4 nitrogen and oxygen atoms in total. The van der Waals surface area contributed by atoms with E-state index in [1.165, 1.54) is 6.92 Å². The molecule has 0 radical (unpaired) electrons. The number of hydrogen-bond acceptors (Lipinski definition) is 2. The Morgan fingerprint density at radius 1 is 1.08 bits per heavy atom. The number of ketones is 1. The van der Waals surface area contributed by atoms with E-state index in [0.717, 1.165) is 38.8 Å². The summed E-state index contributed by atoms with van der Waals surface area (Å²) in [5, 5.41) is 13.8. The fourth-order valence-electron chi connectivity index (χ4n) is 4.17. The number of Topliss-reactive ketones (excluding diaryl/α,β-unsaturated/α-hetero) is 1. The lowest BCUT2D eigenvalue weighted by molar-refractivity contribution is -0.600. The second-order valence-electron chi connectivity index (χ2n) is 6.75. The van der Waals surface area contributed by atoms with E-state index in [9.17, 15) is 9.90 Å². The molecule has 2 N–H and O–H groups in total. The first kappa shape index (κ1) is 16.8. The van der Waals surface area contributed by atoms with Crippen molar-refractivity contribution in [1.82, 2.24) is 4.98 Å². The van der Waals surface area contributed by atoms with Crippen LogP contribution in [0.2, 0.25) is 0 Å². The number of fused-ring (bicyclic) bond motifs is 7. The molecule has 1 atom stereocenters. The third-order valence-corrected chi connectivity index (χ3v) is 5.12. The summed E-state index contributed by atoms with van der Waals surface area (Å²) >= 11 is 0. The van der Waals surface area contributed by atoms with Gasteiger partial charge in [0.05, 0.1) is 5.56 Å². The minimum atomic E-state index is -1.33. The van der Waals surface area contributed by atoms with Gasteiger partial charge in [-0.2, -0.15) is 4.57 Å². The number of nitrogens with zero attached hydrogens (tertiary/aromatic N) is 1. The highest BCUT2D eigenvalue weighted by Crippen LogP contribution is 2.42. The number of benzene rings is 2. The number of hydrogen-bond donors (Lipinski definition) is 2. The van der Waals surface area contributed by atoms with Crippen molar-refractivity contribution in [3.63, 3.8) is 0 Å². The number of H-pyrrole nitrogens is 1. The van der Waals surface area contributed by atoms with E-state index in [1.54, 1.807) is 0 Å². The second kappa shape index (κ2) is 5.66. The molecule has 0 saturated heterocycles. The third kappa shape index (κ3) is 2.06. The van der Waals surface area contributed by atoms with Gasteiger partial charge in [0.1, 0.15) is 11.3 Å². The molecule has 2 aromatic carbocycles. The van der Waals surface area contributed by atoms with Gasteiger partial charge in [-0.05, 0) is 19.1 Å². The van der Waals surface area contributed by atoms with Crippen molar-refractivity contribution in [2.24, 2.45) is 0 Å². The van der Waals surface area contributed by atoms with Gasteiger partial charge < -0.3 is 22.5 Å². The Balaban J connectivity index is 0.00000168. The van der Waals surface area contributed by atoms with Crippen LogP contribution in [0, 0.1) is 0 Å². The van der Waals surface area contributed by atoms with Gasteiger partial charge in [-0.25, -0.2) is 0 Å². The van der Waals surface area contributed by atoms with E-state index >= 15 is 0 Å². The molecule has 0 spiro atoms. The summed E-state index contributed by atoms with van der Waals surface area (Å²) in [6.07, 6.45) is 2.04. The SMILES string of the molecule is CC(=O)CC1(O)c2ccccc2-[n+]2ccc3c([nH]c4ccccc43)c21.[Cl-]. The number of halogens is 1. The van der Waals surface area contributed by atoms with Crippen molar-refractivity contribution in [2.75, 3.05) is 0 Å². The van der Waals surface area contributed by atoms with Crippen molar-refractivity contribution >= 4 is 27.6 Å². The molecule has 4 aromatic rings. The van der Waals surface area contributed by atoms with Crippen LogP contribution < -0.4 is 17.0 Å². The number of nitrogens with one attached hydrogen (secondary N) is 1. The fraction of sp³-hybridized carbons (Fsp3) is 0.143. The van der Waals surface area contributed by atoms with E-state index in [-0.39, 0.29) is 24.6 Å². The largest absolute Gasteiger partial charge is 1.00 e. The molecule has 0 aliphatic carbocycles. The first-order valence-corrected chi connectivity index (χ1v) is 8.37. The zero-order chi connectivity index (χ0) is 17.2. The Morgan fingerprint density at radius 3 is 2.62 bits per heavy atom. The first-order valence-electron chi connectivity index (χ1n) is 8.37. The fourth-order valence-corrected chi connectivity index (χ4v) is 4.17. The van der Waals surface area contributed by atoms with E-state index in [4.69, 9.17) is 0 Å². The van der Waals surface area contributed by atoms with Crippen molar-refractivity contribution in [3.8, 4) is 5.69 Å². The summed E-state index contributed by atoms with van der Waals surface area (Å²) in [6, 6.07) is 17.9. The lowest BCUT2D eigenvalue weighted by Crippen LogP contribution is -3.00. The Labute approximate surface area is 156 Å². The van der Waals surface area contributed by atoms with Crippen LogP contribution >= 0.6 is 0 Å².